The molecule has 0 fully saturated rings. The number of benzene rings is 1. The van der Waals surface area contributed by atoms with Gasteiger partial charge in [0.05, 0.1) is 17.2 Å². The molecule has 72 valence electrons. The van der Waals surface area contributed by atoms with Crippen LogP contribution in [-0.4, -0.2) is 5.78 Å². The van der Waals surface area contributed by atoms with E-state index < -0.39 is 5.82 Å². The Labute approximate surface area is 82.0 Å². The fourth-order valence-corrected chi connectivity index (χ4v) is 1.10. The zero-order valence-electron chi connectivity index (χ0n) is 8.04. The number of carbonyl (C=O) groups is 1. The van der Waals surface area contributed by atoms with Crippen LogP contribution in [-0.2, 0) is 0 Å². The molecule has 0 heterocycles. The molecule has 0 saturated heterocycles. The number of rotatable bonds is 2. The Hall–Kier alpha value is -1.69. The summed E-state index contributed by atoms with van der Waals surface area (Å²) in [5.74, 6) is -1.10. The summed E-state index contributed by atoms with van der Waals surface area (Å²) in [7, 11) is 0. The Morgan fingerprint density at radius 3 is 2.57 bits per heavy atom. The van der Waals surface area contributed by atoms with E-state index in [9.17, 15) is 9.18 Å². The molecule has 0 bridgehead atoms. The minimum absolute atomic E-state index is 0.0546. The number of nitrogens with zero attached hydrogens (tertiary/aromatic N) is 1. The van der Waals surface area contributed by atoms with Gasteiger partial charge in [-0.15, -0.1) is 0 Å². The normalized spacial score (nSPS) is 9.93. The maximum atomic E-state index is 13.3. The fourth-order valence-electron chi connectivity index (χ4n) is 1.10. The van der Waals surface area contributed by atoms with Crippen LogP contribution in [0.2, 0.25) is 0 Å². The van der Waals surface area contributed by atoms with Crippen molar-refractivity contribution in [2.24, 2.45) is 5.92 Å². The minimum atomic E-state index is -0.622. The van der Waals surface area contributed by atoms with E-state index in [0.717, 1.165) is 6.07 Å². The quantitative estimate of drug-likeness (QED) is 0.674. The smallest absolute Gasteiger partial charge is 0.168 e. The van der Waals surface area contributed by atoms with Crippen LogP contribution in [0.4, 0.5) is 4.39 Å². The second-order valence-corrected chi connectivity index (χ2v) is 3.33. The van der Waals surface area contributed by atoms with E-state index in [0.29, 0.717) is 0 Å². The Morgan fingerprint density at radius 1 is 1.50 bits per heavy atom. The van der Waals surface area contributed by atoms with E-state index >= 15 is 0 Å². The lowest BCUT2D eigenvalue weighted by Crippen LogP contribution is -2.09. The van der Waals surface area contributed by atoms with Crippen molar-refractivity contribution in [3.8, 4) is 6.07 Å². The molecule has 2 nitrogen and oxygen atoms in total. The van der Waals surface area contributed by atoms with E-state index in [4.69, 9.17) is 5.26 Å². The second-order valence-electron chi connectivity index (χ2n) is 3.33. The predicted molar refractivity (Wildman–Crippen MR) is 50.3 cm³/mol. The summed E-state index contributed by atoms with van der Waals surface area (Å²) < 4.78 is 13.3. The van der Waals surface area contributed by atoms with Crippen LogP contribution in [0.3, 0.4) is 0 Å². The van der Waals surface area contributed by atoms with Crippen molar-refractivity contribution in [1.29, 1.82) is 5.26 Å². The van der Waals surface area contributed by atoms with E-state index in [1.807, 2.05) is 6.07 Å². The van der Waals surface area contributed by atoms with Crippen LogP contribution in [0.25, 0.3) is 0 Å². The first-order valence-electron chi connectivity index (χ1n) is 4.30. The molecule has 0 unspecified atom stereocenters. The van der Waals surface area contributed by atoms with Crippen LogP contribution in [0, 0.1) is 23.1 Å². The number of carbonyl (C=O) groups excluding carboxylic acids is 1. The number of ketones is 1. The molecule has 0 aliphatic carbocycles. The van der Waals surface area contributed by atoms with Crippen molar-refractivity contribution in [3.63, 3.8) is 0 Å². The molecule has 0 radical (unpaired) electrons. The summed E-state index contributed by atoms with van der Waals surface area (Å²) >= 11 is 0. The van der Waals surface area contributed by atoms with Gasteiger partial charge in [0.2, 0.25) is 0 Å². The molecule has 0 amide bonds. The second kappa shape index (κ2) is 4.01. The monoisotopic (exact) mass is 191 g/mol. The number of Topliss-reactive ketones (excluding diaryl/α,β-unsaturated/α-hetero) is 1. The van der Waals surface area contributed by atoms with Crippen LogP contribution < -0.4 is 0 Å². The Kier molecular flexibility index (Phi) is 2.98. The van der Waals surface area contributed by atoms with E-state index in [1.54, 1.807) is 13.8 Å². The van der Waals surface area contributed by atoms with Gasteiger partial charge in [-0.25, -0.2) is 4.39 Å². The van der Waals surface area contributed by atoms with Gasteiger partial charge in [-0.05, 0) is 18.2 Å². The lowest BCUT2D eigenvalue weighted by atomic mass is 10.00. The molecule has 1 aromatic rings. The molecule has 0 aliphatic heterocycles. The third-order valence-corrected chi connectivity index (χ3v) is 1.89. The molecule has 3 heteroatoms. The van der Waals surface area contributed by atoms with Crippen molar-refractivity contribution in [2.75, 3.05) is 0 Å². The first kappa shape index (κ1) is 10.4. The highest BCUT2D eigenvalue weighted by molar-refractivity contribution is 5.97. The maximum absolute atomic E-state index is 13.3. The summed E-state index contributed by atoms with van der Waals surface area (Å²) in [6, 6.07) is 5.69. The maximum Gasteiger partial charge on any atom is 0.168 e. The molecular formula is C11H10FNO. The topological polar surface area (TPSA) is 40.9 Å². The van der Waals surface area contributed by atoms with E-state index in [1.165, 1.54) is 12.1 Å². The standard InChI is InChI=1S/C11H10FNO/c1-7(2)11(14)9-4-3-8(6-13)5-10(9)12/h3-5,7H,1-2H3. The Balaban J connectivity index is 3.14. The molecule has 0 aliphatic rings. The lowest BCUT2D eigenvalue weighted by molar-refractivity contribution is 0.0935. The van der Waals surface area contributed by atoms with Gasteiger partial charge in [-0.2, -0.15) is 5.26 Å². The van der Waals surface area contributed by atoms with Crippen LogP contribution in [0.1, 0.15) is 29.8 Å². The number of hydrogen-bond donors (Lipinski definition) is 0. The van der Waals surface area contributed by atoms with E-state index in [2.05, 4.69) is 0 Å². The molecule has 14 heavy (non-hydrogen) atoms. The summed E-state index contributed by atoms with van der Waals surface area (Å²) in [6.45, 7) is 3.42. The average molecular weight is 191 g/mol. The molecule has 0 N–H and O–H groups in total. The highest BCUT2D eigenvalue weighted by Crippen LogP contribution is 2.14. The SMILES string of the molecule is CC(C)C(=O)c1ccc(C#N)cc1F. The largest absolute Gasteiger partial charge is 0.294 e. The van der Waals surface area contributed by atoms with Crippen LogP contribution >= 0.6 is 0 Å². The number of halogens is 1. The number of nitriles is 1. The van der Waals surface area contributed by atoms with Crippen LogP contribution in [0.5, 0.6) is 0 Å². The highest BCUT2D eigenvalue weighted by Gasteiger charge is 2.15. The Morgan fingerprint density at radius 2 is 2.14 bits per heavy atom. The number of hydrogen-bond acceptors (Lipinski definition) is 2. The first-order valence-corrected chi connectivity index (χ1v) is 4.30. The summed E-state index contributed by atoms with van der Waals surface area (Å²) in [6.07, 6.45) is 0. The summed E-state index contributed by atoms with van der Waals surface area (Å²) in [5.41, 5.74) is 0.279. The molecular weight excluding hydrogens is 181 g/mol. The van der Waals surface area contributed by atoms with Crippen molar-refractivity contribution in [1.82, 2.24) is 0 Å². The van der Waals surface area contributed by atoms with Gasteiger partial charge in [0.25, 0.3) is 0 Å². The molecule has 0 atom stereocenters. The average Bonchev–Trinajstić information content (AvgIpc) is 2.16. The van der Waals surface area contributed by atoms with Gasteiger partial charge in [0.15, 0.2) is 5.78 Å². The van der Waals surface area contributed by atoms with Gasteiger partial charge in [-0.1, -0.05) is 13.8 Å². The molecule has 0 aromatic heterocycles. The van der Waals surface area contributed by atoms with Gasteiger partial charge >= 0.3 is 0 Å². The third kappa shape index (κ3) is 1.97. The summed E-state index contributed by atoms with van der Waals surface area (Å²) in [5, 5.41) is 8.50. The predicted octanol–water partition coefficient (Wildman–Crippen LogP) is 2.54. The lowest BCUT2D eigenvalue weighted by Gasteiger charge is -2.04. The minimum Gasteiger partial charge on any atom is -0.294 e. The molecule has 0 spiro atoms. The molecule has 0 saturated carbocycles. The van der Waals surface area contributed by atoms with Gasteiger partial charge in [0.1, 0.15) is 5.82 Å². The fraction of sp³-hybridized carbons (Fsp3) is 0.273. The molecule has 1 aromatic carbocycles. The van der Waals surface area contributed by atoms with Gasteiger partial charge in [-0.3, -0.25) is 4.79 Å². The summed E-state index contributed by atoms with van der Waals surface area (Å²) in [4.78, 5) is 11.4. The van der Waals surface area contributed by atoms with Crippen molar-refractivity contribution in [2.45, 2.75) is 13.8 Å². The highest BCUT2D eigenvalue weighted by atomic mass is 19.1. The molecule has 1 rings (SSSR count). The zero-order chi connectivity index (χ0) is 10.7. The van der Waals surface area contributed by atoms with Gasteiger partial charge < -0.3 is 0 Å². The van der Waals surface area contributed by atoms with Crippen molar-refractivity contribution < 1.29 is 9.18 Å². The van der Waals surface area contributed by atoms with Crippen LogP contribution in [0.15, 0.2) is 18.2 Å². The third-order valence-electron chi connectivity index (χ3n) is 1.89. The first-order chi connectivity index (χ1) is 6.56. The zero-order valence-corrected chi connectivity index (χ0v) is 8.04. The Bertz CT molecular complexity index is 404. The van der Waals surface area contributed by atoms with Crippen molar-refractivity contribution in [3.05, 3.63) is 35.1 Å². The van der Waals surface area contributed by atoms with Gasteiger partial charge in [0, 0.05) is 5.92 Å². The van der Waals surface area contributed by atoms with E-state index in [-0.39, 0.29) is 22.8 Å². The van der Waals surface area contributed by atoms with Crippen molar-refractivity contribution >= 4 is 5.78 Å².